The number of hydrogen-bond acceptors (Lipinski definition) is 3. The molecule has 6 heteroatoms. The molecule has 3 unspecified atom stereocenters. The smallest absolute Gasteiger partial charge is 0.193 e. The van der Waals surface area contributed by atoms with Crippen molar-refractivity contribution in [2.75, 3.05) is 39.8 Å². The Morgan fingerprint density at radius 1 is 1.19 bits per heavy atom. The van der Waals surface area contributed by atoms with E-state index in [1.54, 1.807) is 0 Å². The molecule has 2 saturated heterocycles. The van der Waals surface area contributed by atoms with Gasteiger partial charge in [-0.2, -0.15) is 0 Å². The van der Waals surface area contributed by atoms with Crippen LogP contribution in [0.1, 0.15) is 58.4 Å². The fourth-order valence-electron chi connectivity index (χ4n) is 4.56. The van der Waals surface area contributed by atoms with Gasteiger partial charge in [-0.05, 0) is 58.0 Å². The third-order valence-electron chi connectivity index (χ3n) is 6.43. The van der Waals surface area contributed by atoms with Gasteiger partial charge in [0.15, 0.2) is 5.96 Å². The SMILES string of the molecule is CN=C(NCCCCN1CCCCC1C)N1CCC(C)C(n2ccnc2)C1. The highest BCUT2D eigenvalue weighted by atomic mass is 15.3. The molecule has 1 N–H and O–H groups in total. The summed E-state index contributed by atoms with van der Waals surface area (Å²) in [5.41, 5.74) is 0. The van der Waals surface area contributed by atoms with Crippen LogP contribution in [-0.2, 0) is 0 Å². The molecule has 0 radical (unpaired) electrons. The van der Waals surface area contributed by atoms with Gasteiger partial charge in [0, 0.05) is 45.1 Å². The van der Waals surface area contributed by atoms with E-state index in [0.29, 0.717) is 12.0 Å². The molecule has 2 fully saturated rings. The second-order valence-electron chi connectivity index (χ2n) is 8.35. The molecule has 27 heavy (non-hydrogen) atoms. The third kappa shape index (κ3) is 5.47. The molecule has 3 atom stereocenters. The maximum absolute atomic E-state index is 4.55. The van der Waals surface area contributed by atoms with Crippen molar-refractivity contribution >= 4 is 5.96 Å². The number of imidazole rings is 1. The van der Waals surface area contributed by atoms with Gasteiger partial charge in [-0.25, -0.2) is 4.98 Å². The quantitative estimate of drug-likeness (QED) is 0.472. The molecular weight excluding hydrogens is 336 g/mol. The molecule has 0 bridgehead atoms. The number of guanidine groups is 1. The van der Waals surface area contributed by atoms with Crippen LogP contribution in [0.15, 0.2) is 23.7 Å². The lowest BCUT2D eigenvalue weighted by Gasteiger charge is -2.39. The van der Waals surface area contributed by atoms with Crippen LogP contribution in [0.5, 0.6) is 0 Å². The zero-order valence-electron chi connectivity index (χ0n) is 17.5. The normalized spacial score (nSPS) is 27.7. The van der Waals surface area contributed by atoms with Crippen LogP contribution >= 0.6 is 0 Å². The Hall–Kier alpha value is -1.56. The van der Waals surface area contributed by atoms with Gasteiger partial charge in [-0.3, -0.25) is 4.99 Å². The van der Waals surface area contributed by atoms with Crippen LogP contribution in [-0.4, -0.2) is 71.1 Å². The molecule has 0 aliphatic carbocycles. The Morgan fingerprint density at radius 3 is 2.81 bits per heavy atom. The minimum absolute atomic E-state index is 0.473. The van der Waals surface area contributed by atoms with Crippen LogP contribution in [0.2, 0.25) is 0 Å². The van der Waals surface area contributed by atoms with Crippen LogP contribution in [0.3, 0.4) is 0 Å². The summed E-state index contributed by atoms with van der Waals surface area (Å²) >= 11 is 0. The summed E-state index contributed by atoms with van der Waals surface area (Å²) in [7, 11) is 1.90. The Balaban J connectivity index is 1.41. The molecule has 0 spiro atoms. The van der Waals surface area contributed by atoms with Gasteiger partial charge >= 0.3 is 0 Å². The molecule has 2 aliphatic heterocycles. The van der Waals surface area contributed by atoms with Crippen LogP contribution in [0, 0.1) is 5.92 Å². The van der Waals surface area contributed by atoms with E-state index in [4.69, 9.17) is 0 Å². The first kappa shape index (κ1) is 20.2. The van der Waals surface area contributed by atoms with Crippen molar-refractivity contribution in [2.24, 2.45) is 10.9 Å². The van der Waals surface area contributed by atoms with E-state index < -0.39 is 0 Å². The fourth-order valence-corrected chi connectivity index (χ4v) is 4.56. The monoisotopic (exact) mass is 374 g/mol. The lowest BCUT2D eigenvalue weighted by molar-refractivity contribution is 0.158. The Labute approximate surface area is 165 Å². The second-order valence-corrected chi connectivity index (χ2v) is 8.35. The van der Waals surface area contributed by atoms with E-state index >= 15 is 0 Å². The summed E-state index contributed by atoms with van der Waals surface area (Å²) in [6.07, 6.45) is 13.7. The number of rotatable bonds is 6. The molecule has 1 aromatic rings. The zero-order valence-corrected chi connectivity index (χ0v) is 17.5. The summed E-state index contributed by atoms with van der Waals surface area (Å²) in [5, 5.41) is 3.60. The highest BCUT2D eigenvalue weighted by molar-refractivity contribution is 5.80. The topological polar surface area (TPSA) is 48.7 Å². The second kappa shape index (κ2) is 10.1. The van der Waals surface area contributed by atoms with Crippen LogP contribution < -0.4 is 5.32 Å². The maximum Gasteiger partial charge on any atom is 0.193 e. The first-order chi connectivity index (χ1) is 13.2. The molecule has 1 aromatic heterocycles. The third-order valence-corrected chi connectivity index (χ3v) is 6.43. The van der Waals surface area contributed by atoms with Gasteiger partial charge in [0.05, 0.1) is 12.4 Å². The van der Waals surface area contributed by atoms with Crippen molar-refractivity contribution in [1.82, 2.24) is 24.7 Å². The minimum Gasteiger partial charge on any atom is -0.356 e. The van der Waals surface area contributed by atoms with Gasteiger partial charge in [0.1, 0.15) is 0 Å². The van der Waals surface area contributed by atoms with Crippen molar-refractivity contribution in [1.29, 1.82) is 0 Å². The number of piperidine rings is 2. The van der Waals surface area contributed by atoms with Gasteiger partial charge in [0.2, 0.25) is 0 Å². The molecular formula is C21H38N6. The first-order valence-electron chi connectivity index (χ1n) is 10.9. The number of nitrogens with zero attached hydrogens (tertiary/aromatic N) is 5. The van der Waals surface area contributed by atoms with Crippen molar-refractivity contribution in [3.05, 3.63) is 18.7 Å². The fraction of sp³-hybridized carbons (Fsp3) is 0.810. The van der Waals surface area contributed by atoms with E-state index in [1.807, 2.05) is 19.6 Å². The molecule has 0 aromatic carbocycles. The average Bonchev–Trinajstić information content (AvgIpc) is 3.21. The van der Waals surface area contributed by atoms with Crippen molar-refractivity contribution < 1.29 is 0 Å². The number of hydrogen-bond donors (Lipinski definition) is 1. The average molecular weight is 375 g/mol. The lowest BCUT2D eigenvalue weighted by Crippen LogP contribution is -2.49. The van der Waals surface area contributed by atoms with Crippen LogP contribution in [0.4, 0.5) is 0 Å². The molecule has 0 saturated carbocycles. The standard InChI is InChI=1S/C21H38N6/c1-18-9-14-26(16-20(18)27-15-11-23-17-27)21(22-3)24-10-5-7-13-25-12-6-4-8-19(25)2/h11,15,17-20H,4-10,12-14,16H2,1-3H3,(H,22,24). The van der Waals surface area contributed by atoms with Gasteiger partial charge in [-0.1, -0.05) is 13.3 Å². The Morgan fingerprint density at radius 2 is 2.07 bits per heavy atom. The summed E-state index contributed by atoms with van der Waals surface area (Å²) in [6.45, 7) is 10.4. The number of unbranched alkanes of at least 4 members (excludes halogenated alkanes) is 1. The number of aliphatic imine (C=N–C) groups is 1. The Kier molecular flexibility index (Phi) is 7.56. The maximum atomic E-state index is 4.55. The minimum atomic E-state index is 0.473. The summed E-state index contributed by atoms with van der Waals surface area (Å²) in [4.78, 5) is 13.9. The van der Waals surface area contributed by atoms with E-state index in [2.05, 4.69) is 49.7 Å². The van der Waals surface area contributed by atoms with Crippen molar-refractivity contribution in [3.63, 3.8) is 0 Å². The number of aromatic nitrogens is 2. The summed E-state index contributed by atoms with van der Waals surface area (Å²) < 4.78 is 2.25. The van der Waals surface area contributed by atoms with E-state index in [-0.39, 0.29) is 0 Å². The predicted octanol–water partition coefficient (Wildman–Crippen LogP) is 3.00. The molecule has 152 valence electrons. The molecule has 3 heterocycles. The highest BCUT2D eigenvalue weighted by Gasteiger charge is 2.28. The summed E-state index contributed by atoms with van der Waals surface area (Å²) in [5.74, 6) is 1.72. The van der Waals surface area contributed by atoms with Gasteiger partial charge in [0.25, 0.3) is 0 Å². The number of nitrogens with one attached hydrogen (secondary N) is 1. The van der Waals surface area contributed by atoms with E-state index in [9.17, 15) is 0 Å². The van der Waals surface area contributed by atoms with Crippen molar-refractivity contribution in [2.45, 2.75) is 64.5 Å². The number of likely N-dealkylation sites (tertiary alicyclic amines) is 2. The van der Waals surface area contributed by atoms with Gasteiger partial charge in [-0.15, -0.1) is 0 Å². The van der Waals surface area contributed by atoms with Crippen molar-refractivity contribution in [3.8, 4) is 0 Å². The molecule has 2 aliphatic rings. The zero-order chi connectivity index (χ0) is 19.1. The largest absolute Gasteiger partial charge is 0.356 e. The Bertz CT molecular complexity index is 569. The molecule has 0 amide bonds. The predicted molar refractivity (Wildman–Crippen MR) is 112 cm³/mol. The van der Waals surface area contributed by atoms with Crippen LogP contribution in [0.25, 0.3) is 0 Å². The lowest BCUT2D eigenvalue weighted by atomic mass is 9.93. The molecule has 6 nitrogen and oxygen atoms in total. The van der Waals surface area contributed by atoms with E-state index in [0.717, 1.165) is 31.6 Å². The van der Waals surface area contributed by atoms with E-state index in [1.165, 1.54) is 51.6 Å². The first-order valence-corrected chi connectivity index (χ1v) is 10.9. The van der Waals surface area contributed by atoms with Gasteiger partial charge < -0.3 is 19.7 Å². The highest BCUT2D eigenvalue weighted by Crippen LogP contribution is 2.27. The summed E-state index contributed by atoms with van der Waals surface area (Å²) in [6, 6.07) is 1.25. The molecule has 3 rings (SSSR count).